The van der Waals surface area contributed by atoms with Crippen molar-refractivity contribution in [1.82, 2.24) is 19.6 Å². The highest BCUT2D eigenvalue weighted by Crippen LogP contribution is 2.49. The number of carboxylic acids is 4. The van der Waals surface area contributed by atoms with Crippen LogP contribution in [0.5, 0.6) is 46.0 Å². The van der Waals surface area contributed by atoms with Gasteiger partial charge in [-0.05, 0) is 194 Å². The average Bonchev–Trinajstić information content (AvgIpc) is 0.774. The number of methoxy groups -OCH3 is 8. The molecule has 8 aliphatic rings. The molecule has 0 unspecified atom stereocenters. The van der Waals surface area contributed by atoms with Crippen LogP contribution in [0.3, 0.4) is 0 Å². The van der Waals surface area contributed by atoms with Gasteiger partial charge in [-0.3, -0.25) is 38.8 Å². The van der Waals surface area contributed by atoms with Crippen molar-refractivity contribution < 1.29 is 131 Å². The van der Waals surface area contributed by atoms with E-state index in [0.717, 1.165) is 44.5 Å². The Hall–Kier alpha value is -7.16. The van der Waals surface area contributed by atoms with E-state index < -0.39 is 128 Å². The topological polar surface area (TPSA) is 317 Å². The normalized spacial score (nSPS) is 31.7. The van der Waals surface area contributed by atoms with Crippen LogP contribution < -0.4 is 37.9 Å². The summed E-state index contributed by atoms with van der Waals surface area (Å²) in [5, 5.41) is 79.5. The minimum atomic E-state index is -2.79. The van der Waals surface area contributed by atoms with Crippen LogP contribution in [0.1, 0.15) is 181 Å². The van der Waals surface area contributed by atoms with Crippen LogP contribution in [0, 0.1) is 47.3 Å². The van der Waals surface area contributed by atoms with Crippen molar-refractivity contribution in [2.24, 2.45) is 47.3 Å². The number of ether oxygens (including phenoxy) is 8. The average molecular weight is 1420 g/mol. The van der Waals surface area contributed by atoms with Crippen molar-refractivity contribution in [1.29, 1.82) is 0 Å². The SMILES string of the molecule is [2H]C([2H])([2H])Oc1cc2c(cc1OC([2H])([2H])[2H])[C@@H]1C[C@@H](O)[C@@H](C[C@@H](C)C(=O)O)CN1CC2.[2H]C([2H])([2H])Oc1cc2c(cc1OC([2H])([2H])[2H])[C@@H]1C[C@@H](O)[C@@H](C[C@H](C)C(=O)O)CN1CC2.[2H]C([2H])([2H])Oc1cc2c(cc1OC([2H])([2H])[2H])[C@H]1C[C@H](O)[C@H](C[C@@H](C)C(=O)O)CN1CC2.[2H]C([2H])([2H])Oc1cc2c(cc1OC([2H])([2H])[2H])[C@H]1C[C@H](O)[C@H](C[C@H](C)C(=O)O)CN1CC2. The molecule has 16 atom stereocenters. The van der Waals surface area contributed by atoms with E-state index in [0.29, 0.717) is 129 Å². The summed E-state index contributed by atoms with van der Waals surface area (Å²) in [6.07, 6.45) is 2.37. The van der Waals surface area contributed by atoms with Crippen molar-refractivity contribution in [3.05, 3.63) is 93.0 Å². The van der Waals surface area contributed by atoms with E-state index in [4.69, 9.17) is 70.8 Å². The van der Waals surface area contributed by atoms with Gasteiger partial charge >= 0.3 is 23.9 Å². The lowest BCUT2D eigenvalue weighted by molar-refractivity contribution is -0.143. The summed E-state index contributed by atoms with van der Waals surface area (Å²) in [6.45, 7) is 11.2. The van der Waals surface area contributed by atoms with Crippen LogP contribution in [0.4, 0.5) is 0 Å². The number of fused-ring (bicyclic) bond motifs is 12. The number of nitrogens with zero attached hydrogens (tertiary/aromatic N) is 4. The van der Waals surface area contributed by atoms with Crippen molar-refractivity contribution >= 4 is 23.9 Å². The first-order chi connectivity index (χ1) is 56.9. The molecular weight excluding hydrogens is 1290 g/mol. The van der Waals surface area contributed by atoms with Gasteiger partial charge in [-0.25, -0.2) is 0 Å². The van der Waals surface area contributed by atoms with E-state index >= 15 is 0 Å². The first-order valence-corrected chi connectivity index (χ1v) is 33.7. The lowest BCUT2D eigenvalue weighted by Gasteiger charge is -2.46. The first kappa shape index (κ1) is 50.2. The van der Waals surface area contributed by atoms with E-state index in [1.165, 1.54) is 48.5 Å². The lowest BCUT2D eigenvalue weighted by Crippen LogP contribution is -2.48. The molecule has 4 aromatic rings. The molecule has 0 bridgehead atoms. The van der Waals surface area contributed by atoms with Gasteiger partial charge in [-0.1, -0.05) is 27.7 Å². The molecule has 8 aliphatic heterocycles. The summed E-state index contributed by atoms with van der Waals surface area (Å²) in [5.41, 5.74) is 6.26. The molecule has 4 saturated heterocycles. The summed E-state index contributed by atoms with van der Waals surface area (Å²) in [7, 11) is -22.2. The number of hydrogen-bond acceptors (Lipinski definition) is 20. The third kappa shape index (κ3) is 17.5. The Morgan fingerprint density at radius 3 is 0.700 bits per heavy atom. The van der Waals surface area contributed by atoms with Crippen LogP contribution in [0.25, 0.3) is 0 Å². The van der Waals surface area contributed by atoms with Gasteiger partial charge in [0.05, 0.1) is 137 Å². The van der Waals surface area contributed by atoms with Gasteiger partial charge in [-0.2, -0.15) is 0 Å². The molecule has 0 spiro atoms. The number of rotatable bonds is 20. The molecule has 4 aromatic carbocycles. The van der Waals surface area contributed by atoms with Gasteiger partial charge in [0.1, 0.15) is 0 Å². The van der Waals surface area contributed by atoms with Crippen molar-refractivity contribution in [2.75, 3.05) is 109 Å². The Bertz CT molecular complexity index is 3850. The summed E-state index contributed by atoms with van der Waals surface area (Å²) >= 11 is 0. The zero-order chi connectivity index (χ0) is 92.5. The Kier molecular flexibility index (Phi) is 17.2. The minimum Gasteiger partial charge on any atom is -0.493 e. The van der Waals surface area contributed by atoms with Crippen LogP contribution >= 0.6 is 0 Å². The summed E-state index contributed by atoms with van der Waals surface area (Å²) in [4.78, 5) is 53.4. The Morgan fingerprint density at radius 1 is 0.350 bits per heavy atom. The molecule has 24 heteroatoms. The highest BCUT2D eigenvalue weighted by Gasteiger charge is 2.44. The van der Waals surface area contributed by atoms with Crippen LogP contribution in [0.2, 0.25) is 0 Å². The maximum atomic E-state index is 11.2. The first-order valence-electron chi connectivity index (χ1n) is 45.7. The number of carboxylic acid groups (broad SMARTS) is 4. The molecule has 8 heterocycles. The maximum absolute atomic E-state index is 11.2. The predicted molar refractivity (Wildman–Crippen MR) is 372 cm³/mol. The molecule has 0 radical (unpaired) electrons. The minimum absolute atomic E-state index is 0.159. The molecule has 0 aliphatic carbocycles. The number of piperidine rings is 4. The number of hydrogen-bond donors (Lipinski definition) is 8. The van der Waals surface area contributed by atoms with Gasteiger partial charge < -0.3 is 78.7 Å². The second-order valence-electron chi connectivity index (χ2n) is 28.0. The fourth-order valence-electron chi connectivity index (χ4n) is 16.2. The zero-order valence-electron chi connectivity index (χ0n) is 80.3. The molecule has 4 fully saturated rings. The van der Waals surface area contributed by atoms with Crippen molar-refractivity contribution in [3.8, 4) is 46.0 Å². The molecule has 8 N–H and O–H groups in total. The molecule has 552 valence electrons. The van der Waals surface area contributed by atoms with Crippen LogP contribution in [0.15, 0.2) is 48.5 Å². The molecule has 0 aromatic heterocycles. The molecular formula is C76H108N4O20. The lowest BCUT2D eigenvalue weighted by atomic mass is 9.79. The van der Waals surface area contributed by atoms with Gasteiger partial charge in [-0.15, -0.1) is 0 Å². The Morgan fingerprint density at radius 2 is 0.530 bits per heavy atom. The zero-order valence-corrected chi connectivity index (χ0v) is 56.3. The number of aliphatic hydroxyl groups is 4. The fraction of sp³-hybridized carbons (Fsp3) is 0.632. The third-order valence-corrected chi connectivity index (χ3v) is 21.8. The third-order valence-electron chi connectivity index (χ3n) is 21.8. The van der Waals surface area contributed by atoms with Gasteiger partial charge in [0, 0.05) is 76.5 Å². The fourth-order valence-corrected chi connectivity index (χ4v) is 16.2. The predicted octanol–water partition coefficient (Wildman–Crippen LogP) is 8.38. The highest BCUT2D eigenvalue weighted by atomic mass is 16.5. The summed E-state index contributed by atoms with van der Waals surface area (Å²) in [5.74, 6) is -7.95. The summed E-state index contributed by atoms with van der Waals surface area (Å²) in [6, 6.07) is 11.1. The molecule has 0 amide bonds. The van der Waals surface area contributed by atoms with E-state index in [2.05, 4.69) is 19.6 Å². The highest BCUT2D eigenvalue weighted by molar-refractivity contribution is 5.70. The monoisotopic (exact) mass is 1420 g/mol. The van der Waals surface area contributed by atoms with Gasteiger partial charge in [0.15, 0.2) is 46.0 Å². The van der Waals surface area contributed by atoms with Gasteiger partial charge in [0.2, 0.25) is 0 Å². The largest absolute Gasteiger partial charge is 0.493 e. The van der Waals surface area contributed by atoms with Crippen molar-refractivity contribution in [3.63, 3.8) is 0 Å². The van der Waals surface area contributed by atoms with Crippen LogP contribution in [-0.2, 0) is 44.9 Å². The molecule has 12 rings (SSSR count). The number of aliphatic hydroxyl groups excluding tert-OH is 4. The molecule has 100 heavy (non-hydrogen) atoms. The number of carbonyl (C=O) groups is 4. The van der Waals surface area contributed by atoms with E-state index in [-0.39, 0.29) is 93.8 Å². The molecule has 24 nitrogen and oxygen atoms in total. The Labute approximate surface area is 621 Å². The standard InChI is InChI=1S/4C19H27NO5/c4*1-11(19(22)23)6-13-10-20-5-4-12-7-17(24-2)18(25-3)8-14(12)15(20)9-16(13)21/h4*7-8,11,13,15-16,21H,4-6,9-10H2,1-3H3,(H,22,23)/t2*11-,13+,15+,16-;2*11-,13-,15-,16+/m1010/s1/i4*2D3,3D3. The quantitative estimate of drug-likeness (QED) is 0.0412. The van der Waals surface area contributed by atoms with Crippen LogP contribution in [-0.4, -0.2) is 217 Å². The summed E-state index contributed by atoms with van der Waals surface area (Å²) < 4.78 is 217. The van der Waals surface area contributed by atoms with E-state index in [1.807, 2.05) is 0 Å². The smallest absolute Gasteiger partial charge is 0.306 e. The van der Waals surface area contributed by atoms with Gasteiger partial charge in [0.25, 0.3) is 0 Å². The second kappa shape index (κ2) is 34.2. The number of aliphatic carboxylic acids is 4. The van der Waals surface area contributed by atoms with E-state index in [9.17, 15) is 60.0 Å². The molecule has 0 saturated carbocycles. The van der Waals surface area contributed by atoms with Crippen molar-refractivity contribution in [2.45, 2.75) is 153 Å². The second-order valence-corrected chi connectivity index (χ2v) is 28.0. The van der Waals surface area contributed by atoms with E-state index in [1.54, 1.807) is 27.7 Å². The number of benzene rings is 4. The Balaban J connectivity index is 0.000000187. The maximum Gasteiger partial charge on any atom is 0.306 e.